The SMILES string of the molecule is CCNC(CC(C)CC(C)C)C1CC2CC2C1. The third kappa shape index (κ3) is 3.71. The van der Waals surface area contributed by atoms with E-state index < -0.39 is 0 Å². The average Bonchev–Trinajstić information content (AvgIpc) is 2.84. The highest BCUT2D eigenvalue weighted by Crippen LogP contribution is 2.55. The van der Waals surface area contributed by atoms with Crippen molar-refractivity contribution in [3.8, 4) is 0 Å². The predicted octanol–water partition coefficient (Wildman–Crippen LogP) is 4.08. The first-order valence-electron chi connectivity index (χ1n) is 7.83. The molecule has 17 heavy (non-hydrogen) atoms. The molecule has 0 aromatic rings. The monoisotopic (exact) mass is 237 g/mol. The quantitative estimate of drug-likeness (QED) is 0.703. The molecule has 0 spiro atoms. The van der Waals surface area contributed by atoms with Crippen molar-refractivity contribution < 1.29 is 0 Å². The van der Waals surface area contributed by atoms with Crippen LogP contribution in [0.3, 0.4) is 0 Å². The molecular weight excluding hydrogens is 206 g/mol. The molecule has 1 N–H and O–H groups in total. The van der Waals surface area contributed by atoms with Gasteiger partial charge >= 0.3 is 0 Å². The van der Waals surface area contributed by atoms with E-state index in [1.165, 1.54) is 25.7 Å². The number of fused-ring (bicyclic) bond motifs is 1. The first-order valence-corrected chi connectivity index (χ1v) is 7.83. The molecule has 4 atom stereocenters. The summed E-state index contributed by atoms with van der Waals surface area (Å²) in [6, 6.07) is 0.807. The van der Waals surface area contributed by atoms with Crippen LogP contribution in [0.2, 0.25) is 0 Å². The molecule has 2 aliphatic rings. The van der Waals surface area contributed by atoms with Crippen LogP contribution in [0.5, 0.6) is 0 Å². The standard InChI is InChI=1S/C16H31N/c1-5-17-16(7-12(4)6-11(2)3)15-9-13-8-14(13)10-15/h11-17H,5-10H2,1-4H3. The van der Waals surface area contributed by atoms with E-state index in [0.29, 0.717) is 0 Å². The van der Waals surface area contributed by atoms with Crippen molar-refractivity contribution in [1.29, 1.82) is 0 Å². The fourth-order valence-electron chi connectivity index (χ4n) is 4.13. The average molecular weight is 237 g/mol. The van der Waals surface area contributed by atoms with Crippen LogP contribution in [0.15, 0.2) is 0 Å². The van der Waals surface area contributed by atoms with Crippen LogP contribution < -0.4 is 5.32 Å². The minimum Gasteiger partial charge on any atom is -0.314 e. The molecule has 0 radical (unpaired) electrons. The van der Waals surface area contributed by atoms with Crippen molar-refractivity contribution in [1.82, 2.24) is 5.32 Å². The Labute approximate surface area is 108 Å². The van der Waals surface area contributed by atoms with Gasteiger partial charge in [0.15, 0.2) is 0 Å². The highest BCUT2D eigenvalue weighted by atomic mass is 14.9. The molecule has 2 rings (SSSR count). The molecule has 0 bridgehead atoms. The number of nitrogens with one attached hydrogen (secondary N) is 1. The maximum absolute atomic E-state index is 3.77. The molecule has 0 aromatic carbocycles. The van der Waals surface area contributed by atoms with Crippen molar-refractivity contribution in [2.75, 3.05) is 6.54 Å². The number of hydrogen-bond acceptors (Lipinski definition) is 1. The van der Waals surface area contributed by atoms with E-state index >= 15 is 0 Å². The summed E-state index contributed by atoms with van der Waals surface area (Å²) in [4.78, 5) is 0. The van der Waals surface area contributed by atoms with Gasteiger partial charge in [0.1, 0.15) is 0 Å². The van der Waals surface area contributed by atoms with Gasteiger partial charge in [-0.25, -0.2) is 0 Å². The summed E-state index contributed by atoms with van der Waals surface area (Å²) in [7, 11) is 0. The van der Waals surface area contributed by atoms with Crippen LogP contribution in [-0.2, 0) is 0 Å². The summed E-state index contributed by atoms with van der Waals surface area (Å²) >= 11 is 0. The smallest absolute Gasteiger partial charge is 0.00979 e. The van der Waals surface area contributed by atoms with Gasteiger partial charge in [-0.05, 0) is 68.2 Å². The number of hydrogen-bond donors (Lipinski definition) is 1. The second-order valence-electron chi connectivity index (χ2n) is 7.12. The molecule has 2 aliphatic carbocycles. The minimum absolute atomic E-state index is 0.807. The maximum atomic E-state index is 3.77. The van der Waals surface area contributed by atoms with Gasteiger partial charge < -0.3 is 5.32 Å². The number of rotatable bonds is 7. The third-order valence-electron chi connectivity index (χ3n) is 4.85. The Morgan fingerprint density at radius 2 is 1.65 bits per heavy atom. The zero-order valence-electron chi connectivity index (χ0n) is 12.2. The van der Waals surface area contributed by atoms with Gasteiger partial charge in [-0.2, -0.15) is 0 Å². The van der Waals surface area contributed by atoms with Crippen molar-refractivity contribution in [2.24, 2.45) is 29.6 Å². The van der Waals surface area contributed by atoms with Crippen LogP contribution in [0.4, 0.5) is 0 Å². The van der Waals surface area contributed by atoms with Gasteiger partial charge in [0.25, 0.3) is 0 Å². The van der Waals surface area contributed by atoms with Gasteiger partial charge in [0.2, 0.25) is 0 Å². The van der Waals surface area contributed by atoms with E-state index in [1.807, 2.05) is 0 Å². The van der Waals surface area contributed by atoms with Crippen LogP contribution >= 0.6 is 0 Å². The Balaban J connectivity index is 1.79. The van der Waals surface area contributed by atoms with E-state index in [2.05, 4.69) is 33.0 Å². The third-order valence-corrected chi connectivity index (χ3v) is 4.85. The Morgan fingerprint density at radius 1 is 1.00 bits per heavy atom. The molecule has 0 saturated heterocycles. The summed E-state index contributed by atoms with van der Waals surface area (Å²) in [6.07, 6.45) is 7.39. The van der Waals surface area contributed by atoms with E-state index in [0.717, 1.165) is 42.2 Å². The van der Waals surface area contributed by atoms with Crippen molar-refractivity contribution in [3.05, 3.63) is 0 Å². The highest BCUT2D eigenvalue weighted by Gasteiger charge is 2.47. The molecular formula is C16H31N. The van der Waals surface area contributed by atoms with Gasteiger partial charge in [-0.15, -0.1) is 0 Å². The second kappa shape index (κ2) is 5.73. The Bertz CT molecular complexity index is 226. The summed E-state index contributed by atoms with van der Waals surface area (Å²) in [5, 5.41) is 3.77. The lowest BCUT2D eigenvalue weighted by Gasteiger charge is -2.29. The molecule has 0 amide bonds. The molecule has 1 heteroatoms. The van der Waals surface area contributed by atoms with Crippen LogP contribution in [-0.4, -0.2) is 12.6 Å². The van der Waals surface area contributed by atoms with Crippen molar-refractivity contribution >= 4 is 0 Å². The summed E-state index contributed by atoms with van der Waals surface area (Å²) in [6.45, 7) is 10.5. The minimum atomic E-state index is 0.807. The second-order valence-corrected chi connectivity index (χ2v) is 7.12. The van der Waals surface area contributed by atoms with Gasteiger partial charge in [-0.3, -0.25) is 0 Å². The van der Waals surface area contributed by atoms with Crippen LogP contribution in [0, 0.1) is 29.6 Å². The zero-order valence-corrected chi connectivity index (χ0v) is 12.2. The molecule has 0 aliphatic heterocycles. The molecule has 1 nitrogen and oxygen atoms in total. The maximum Gasteiger partial charge on any atom is 0.00979 e. The highest BCUT2D eigenvalue weighted by molar-refractivity contribution is 4.99. The Hall–Kier alpha value is -0.0400. The summed E-state index contributed by atoms with van der Waals surface area (Å²) in [5.74, 6) is 4.98. The van der Waals surface area contributed by atoms with Crippen molar-refractivity contribution in [3.63, 3.8) is 0 Å². The lowest BCUT2D eigenvalue weighted by molar-refractivity contribution is 0.271. The Morgan fingerprint density at radius 3 is 2.18 bits per heavy atom. The molecule has 4 unspecified atom stereocenters. The van der Waals surface area contributed by atoms with Gasteiger partial charge in [0, 0.05) is 6.04 Å². The van der Waals surface area contributed by atoms with Crippen LogP contribution in [0.25, 0.3) is 0 Å². The zero-order chi connectivity index (χ0) is 12.4. The molecule has 2 saturated carbocycles. The summed E-state index contributed by atoms with van der Waals surface area (Å²) in [5.41, 5.74) is 0. The van der Waals surface area contributed by atoms with Crippen molar-refractivity contribution in [2.45, 2.75) is 65.8 Å². The molecule has 0 aromatic heterocycles. The van der Waals surface area contributed by atoms with Gasteiger partial charge in [0.05, 0.1) is 0 Å². The van der Waals surface area contributed by atoms with E-state index in [4.69, 9.17) is 0 Å². The summed E-state index contributed by atoms with van der Waals surface area (Å²) < 4.78 is 0. The lowest BCUT2D eigenvalue weighted by atomic mass is 9.85. The lowest BCUT2D eigenvalue weighted by Crippen LogP contribution is -2.37. The van der Waals surface area contributed by atoms with E-state index in [9.17, 15) is 0 Å². The largest absolute Gasteiger partial charge is 0.314 e. The fourth-order valence-corrected chi connectivity index (χ4v) is 4.13. The normalized spacial score (nSPS) is 34.8. The molecule has 100 valence electrons. The fraction of sp³-hybridized carbons (Fsp3) is 1.00. The van der Waals surface area contributed by atoms with Gasteiger partial charge in [-0.1, -0.05) is 27.7 Å². The predicted molar refractivity (Wildman–Crippen MR) is 75.0 cm³/mol. The molecule has 0 heterocycles. The Kier molecular flexibility index (Phi) is 4.52. The van der Waals surface area contributed by atoms with E-state index in [1.54, 1.807) is 6.42 Å². The van der Waals surface area contributed by atoms with E-state index in [-0.39, 0.29) is 0 Å². The topological polar surface area (TPSA) is 12.0 Å². The van der Waals surface area contributed by atoms with Crippen LogP contribution in [0.1, 0.15) is 59.8 Å². The first-order chi connectivity index (χ1) is 8.10. The molecule has 2 fully saturated rings. The first kappa shape index (κ1) is 13.4.